The van der Waals surface area contributed by atoms with Gasteiger partial charge in [-0.1, -0.05) is 46.6 Å². The summed E-state index contributed by atoms with van der Waals surface area (Å²) in [6.45, 7) is 1.21. The van der Waals surface area contributed by atoms with E-state index in [0.717, 1.165) is 4.31 Å². The normalized spacial score (nSPS) is 12.1. The molecule has 0 aliphatic carbocycles. The van der Waals surface area contributed by atoms with Crippen molar-refractivity contribution < 1.29 is 19.1 Å². The van der Waals surface area contributed by atoms with Crippen molar-refractivity contribution in [3.8, 4) is 0 Å². The van der Waals surface area contributed by atoms with Crippen molar-refractivity contribution >= 4 is 52.6 Å². The van der Waals surface area contributed by atoms with E-state index in [2.05, 4.69) is 5.16 Å². The Labute approximate surface area is 129 Å². The van der Waals surface area contributed by atoms with E-state index in [1.807, 2.05) is 0 Å². The van der Waals surface area contributed by atoms with Gasteiger partial charge < -0.3 is 9.94 Å². The lowest BCUT2D eigenvalue weighted by Gasteiger charge is -2.23. The Kier molecular flexibility index (Phi) is 6.38. The molecule has 5 nitrogen and oxygen atoms in total. The van der Waals surface area contributed by atoms with Crippen LogP contribution in [-0.4, -0.2) is 27.5 Å². The lowest BCUT2D eigenvalue weighted by molar-refractivity contribution is 0.173. The summed E-state index contributed by atoms with van der Waals surface area (Å²) in [5.41, 5.74) is 0.518. The van der Waals surface area contributed by atoms with Crippen LogP contribution in [-0.2, 0) is 4.74 Å². The lowest BCUT2D eigenvalue weighted by atomic mass is 10.3. The predicted octanol–water partition coefficient (Wildman–Crippen LogP) is 4.19. The van der Waals surface area contributed by atoms with Gasteiger partial charge in [0.25, 0.3) is 0 Å². The molecule has 0 saturated heterocycles. The van der Waals surface area contributed by atoms with E-state index in [4.69, 9.17) is 33.1 Å². The quantitative estimate of drug-likeness (QED) is 0.287. The molecule has 110 valence electrons. The van der Waals surface area contributed by atoms with Crippen LogP contribution in [0.25, 0.3) is 0 Å². The van der Waals surface area contributed by atoms with Crippen LogP contribution in [0.2, 0.25) is 0 Å². The Hall–Kier alpha value is -1.18. The molecule has 0 unspecified atom stereocenters. The molecule has 1 aromatic carbocycles. The van der Waals surface area contributed by atoms with Crippen molar-refractivity contribution in [1.29, 1.82) is 0 Å². The highest BCUT2D eigenvalue weighted by Gasteiger charge is 2.32. The van der Waals surface area contributed by atoms with Gasteiger partial charge in [-0.15, -0.1) is 0 Å². The van der Waals surface area contributed by atoms with Crippen molar-refractivity contribution in [1.82, 2.24) is 0 Å². The zero-order valence-electron chi connectivity index (χ0n) is 10.3. The molecule has 0 saturated carbocycles. The molecule has 0 aromatic heterocycles. The maximum Gasteiger partial charge on any atom is 0.425 e. The number of amides is 1. The first kappa shape index (κ1) is 16.9. The van der Waals surface area contributed by atoms with Crippen LogP contribution in [0.1, 0.15) is 6.92 Å². The lowest BCUT2D eigenvalue weighted by Crippen LogP contribution is -2.29. The first-order chi connectivity index (χ1) is 9.33. The molecule has 0 aliphatic rings. The minimum atomic E-state index is -2.70. The summed E-state index contributed by atoms with van der Waals surface area (Å²) in [7, 11) is 0. The molecule has 1 N–H and O–H groups in total. The van der Waals surface area contributed by atoms with E-state index >= 15 is 0 Å². The van der Waals surface area contributed by atoms with E-state index in [1.165, 1.54) is 6.92 Å². The molecule has 0 atom stereocenters. The predicted molar refractivity (Wildman–Crippen MR) is 78.3 cm³/mol. The molecule has 0 heterocycles. The number of hydrogen-bond acceptors (Lipinski definition) is 5. The van der Waals surface area contributed by atoms with Crippen LogP contribution >= 0.6 is 35.1 Å². The molecule has 9 heteroatoms. The van der Waals surface area contributed by atoms with Gasteiger partial charge in [0.1, 0.15) is 6.61 Å². The highest BCUT2D eigenvalue weighted by atomic mass is 35.5. The number of nitrogens with zero attached hydrogens (tertiary/aromatic N) is 2. The van der Waals surface area contributed by atoms with Gasteiger partial charge in [-0.05, 0) is 19.1 Å². The summed E-state index contributed by atoms with van der Waals surface area (Å²) < 4.78 is 16.3. The minimum absolute atomic E-state index is 0.180. The topological polar surface area (TPSA) is 62.1 Å². The van der Waals surface area contributed by atoms with Crippen molar-refractivity contribution in [2.24, 2.45) is 5.16 Å². The van der Waals surface area contributed by atoms with E-state index < -0.39 is 10.0 Å². The highest BCUT2D eigenvalue weighted by Crippen LogP contribution is 2.41. The monoisotopic (exact) mass is 340 g/mol. The van der Waals surface area contributed by atoms with Gasteiger partial charge in [-0.3, -0.25) is 0 Å². The molecule has 0 spiro atoms. The molecule has 20 heavy (non-hydrogen) atoms. The SMILES string of the molecule is CC(COC(=O)N(SC(F)(Cl)Cl)c1ccccc1)=NO. The molecule has 0 bridgehead atoms. The van der Waals surface area contributed by atoms with Gasteiger partial charge in [0.15, 0.2) is 0 Å². The average Bonchev–Trinajstić information content (AvgIpc) is 2.41. The van der Waals surface area contributed by atoms with Crippen molar-refractivity contribution in [2.45, 2.75) is 10.8 Å². The number of halogens is 3. The standard InChI is InChI=1S/C11H11Cl2FN2O3S/c1-8(15-18)7-19-10(17)16(20-11(12,13)14)9-5-3-2-4-6-9/h2-6,18H,7H2,1H3. The molecular weight excluding hydrogens is 330 g/mol. The number of oxime groups is 1. The van der Waals surface area contributed by atoms with Crippen LogP contribution in [0.15, 0.2) is 35.5 Å². The fourth-order valence-corrected chi connectivity index (χ4v) is 2.09. The zero-order valence-corrected chi connectivity index (χ0v) is 12.6. The van der Waals surface area contributed by atoms with E-state index in [9.17, 15) is 9.18 Å². The van der Waals surface area contributed by atoms with Gasteiger partial charge >= 0.3 is 10.0 Å². The summed E-state index contributed by atoms with van der Waals surface area (Å²) in [4.78, 5) is 11.9. The Morgan fingerprint density at radius 3 is 2.60 bits per heavy atom. The fraction of sp³-hybridized carbons (Fsp3) is 0.273. The maximum absolute atomic E-state index is 13.3. The average molecular weight is 341 g/mol. The Morgan fingerprint density at radius 2 is 2.10 bits per heavy atom. The van der Waals surface area contributed by atoms with Gasteiger partial charge in [-0.2, -0.15) is 4.39 Å². The first-order valence-corrected chi connectivity index (χ1v) is 6.81. The maximum atomic E-state index is 13.3. The van der Waals surface area contributed by atoms with Crippen molar-refractivity contribution in [3.05, 3.63) is 30.3 Å². The number of alkyl halides is 3. The zero-order chi connectivity index (χ0) is 15.2. The summed E-state index contributed by atoms with van der Waals surface area (Å²) >= 11 is 10.8. The number of carbonyl (C=O) groups is 1. The number of ether oxygens (including phenoxy) is 1. The second-order valence-electron chi connectivity index (χ2n) is 3.56. The molecule has 0 fully saturated rings. The fourth-order valence-electron chi connectivity index (χ4n) is 1.12. The second kappa shape index (κ2) is 7.56. The largest absolute Gasteiger partial charge is 0.442 e. The summed E-state index contributed by atoms with van der Waals surface area (Å²) in [6, 6.07) is 8.14. The van der Waals surface area contributed by atoms with Gasteiger partial charge in [0, 0.05) is 11.9 Å². The van der Waals surface area contributed by atoms with E-state index in [1.54, 1.807) is 30.3 Å². The van der Waals surface area contributed by atoms with Crippen LogP contribution in [0.5, 0.6) is 0 Å². The van der Waals surface area contributed by atoms with Crippen LogP contribution in [0.3, 0.4) is 0 Å². The molecular formula is C11H11Cl2FN2O3S. The number of benzene rings is 1. The minimum Gasteiger partial charge on any atom is -0.442 e. The number of para-hydroxylation sites is 1. The number of hydrogen-bond donors (Lipinski definition) is 1. The summed E-state index contributed by atoms with van der Waals surface area (Å²) in [5.74, 6) is 0. The van der Waals surface area contributed by atoms with Gasteiger partial charge in [0.05, 0.1) is 11.4 Å². The number of carbonyl (C=O) groups excluding carboxylic acids is 1. The van der Waals surface area contributed by atoms with E-state index in [-0.39, 0.29) is 24.3 Å². The van der Waals surface area contributed by atoms with E-state index in [0.29, 0.717) is 5.69 Å². The molecule has 0 aliphatic heterocycles. The summed E-state index contributed by atoms with van der Waals surface area (Å²) in [5, 5.41) is 11.3. The van der Waals surface area contributed by atoms with Gasteiger partial charge in [-0.25, -0.2) is 9.10 Å². The van der Waals surface area contributed by atoms with Crippen LogP contribution in [0, 0.1) is 0 Å². The van der Waals surface area contributed by atoms with Crippen molar-refractivity contribution in [2.75, 3.05) is 10.9 Å². The molecule has 1 aromatic rings. The number of anilines is 1. The van der Waals surface area contributed by atoms with Crippen LogP contribution < -0.4 is 4.31 Å². The molecule has 0 radical (unpaired) electrons. The Balaban J connectivity index is 2.85. The molecule has 1 amide bonds. The molecule has 1 rings (SSSR count). The smallest absolute Gasteiger partial charge is 0.425 e. The first-order valence-electron chi connectivity index (χ1n) is 5.29. The third kappa shape index (κ3) is 5.85. The van der Waals surface area contributed by atoms with Crippen LogP contribution in [0.4, 0.5) is 14.9 Å². The number of rotatable bonds is 5. The second-order valence-corrected chi connectivity index (χ2v) is 6.35. The highest BCUT2D eigenvalue weighted by molar-refractivity contribution is 8.04. The Bertz CT molecular complexity index is 482. The van der Waals surface area contributed by atoms with Gasteiger partial charge in [0.2, 0.25) is 0 Å². The Morgan fingerprint density at radius 1 is 1.50 bits per heavy atom. The summed E-state index contributed by atoms with van der Waals surface area (Å²) in [6.07, 6.45) is -0.896. The third-order valence-electron chi connectivity index (χ3n) is 1.93. The third-order valence-corrected chi connectivity index (χ3v) is 3.09. The van der Waals surface area contributed by atoms with Crippen molar-refractivity contribution in [3.63, 3.8) is 0 Å².